The van der Waals surface area contributed by atoms with E-state index in [9.17, 15) is 0 Å². The molecule has 4 rings (SSSR count). The lowest BCUT2D eigenvalue weighted by molar-refractivity contribution is 0.299. The zero-order chi connectivity index (χ0) is 14.9. The van der Waals surface area contributed by atoms with Gasteiger partial charge in [-0.3, -0.25) is 0 Å². The summed E-state index contributed by atoms with van der Waals surface area (Å²) in [4.78, 5) is 0. The van der Waals surface area contributed by atoms with Gasteiger partial charge in [0.05, 0.1) is 0 Å². The van der Waals surface area contributed by atoms with Crippen LogP contribution in [0.25, 0.3) is 0 Å². The fourth-order valence-electron chi connectivity index (χ4n) is 4.05. The Bertz CT molecular complexity index is 633. The highest BCUT2D eigenvalue weighted by Gasteiger charge is 2.43. The highest BCUT2D eigenvalue weighted by molar-refractivity contribution is 5.56. The Kier molecular flexibility index (Phi) is 3.63. The van der Waals surface area contributed by atoms with Crippen molar-refractivity contribution in [1.82, 2.24) is 5.32 Å². The molecule has 114 valence electrons. The van der Waals surface area contributed by atoms with Crippen molar-refractivity contribution in [1.29, 1.82) is 0 Å². The van der Waals surface area contributed by atoms with E-state index in [1.807, 2.05) is 0 Å². The van der Waals surface area contributed by atoms with E-state index in [1.54, 1.807) is 0 Å². The van der Waals surface area contributed by atoms with Crippen LogP contribution in [0.3, 0.4) is 0 Å². The van der Waals surface area contributed by atoms with E-state index in [4.69, 9.17) is 0 Å². The van der Waals surface area contributed by atoms with Crippen molar-refractivity contribution in [2.75, 3.05) is 12.4 Å². The van der Waals surface area contributed by atoms with Gasteiger partial charge in [0.2, 0.25) is 0 Å². The highest BCUT2D eigenvalue weighted by Crippen LogP contribution is 2.46. The van der Waals surface area contributed by atoms with Crippen LogP contribution in [0, 0.1) is 11.8 Å². The van der Waals surface area contributed by atoms with Crippen molar-refractivity contribution < 1.29 is 0 Å². The zero-order valence-corrected chi connectivity index (χ0v) is 13.1. The maximum atomic E-state index is 3.85. The molecule has 2 aliphatic rings. The Morgan fingerprint density at radius 1 is 1.00 bits per heavy atom. The van der Waals surface area contributed by atoms with Crippen molar-refractivity contribution in [2.24, 2.45) is 11.8 Å². The van der Waals surface area contributed by atoms with Crippen LogP contribution in [0.1, 0.15) is 30.0 Å². The number of hydrogen-bond donors (Lipinski definition) is 2. The summed E-state index contributed by atoms with van der Waals surface area (Å²) in [7, 11) is 2.11. The van der Waals surface area contributed by atoms with Crippen LogP contribution in [-0.4, -0.2) is 13.1 Å². The molecule has 2 N–H and O–H groups in total. The molecule has 0 aromatic heterocycles. The van der Waals surface area contributed by atoms with E-state index in [1.165, 1.54) is 29.7 Å². The van der Waals surface area contributed by atoms with Crippen molar-refractivity contribution in [3.05, 3.63) is 65.7 Å². The summed E-state index contributed by atoms with van der Waals surface area (Å²) >= 11 is 0. The van der Waals surface area contributed by atoms with Gasteiger partial charge in [0.1, 0.15) is 0 Å². The molecule has 1 fully saturated rings. The van der Waals surface area contributed by atoms with E-state index >= 15 is 0 Å². The van der Waals surface area contributed by atoms with Gasteiger partial charge in [-0.05, 0) is 49.4 Å². The van der Waals surface area contributed by atoms with Crippen molar-refractivity contribution in [3.63, 3.8) is 0 Å². The third-order valence-corrected chi connectivity index (χ3v) is 5.26. The summed E-state index contributed by atoms with van der Waals surface area (Å²) < 4.78 is 0. The van der Waals surface area contributed by atoms with Gasteiger partial charge in [-0.1, -0.05) is 48.5 Å². The molecule has 2 aromatic carbocycles. The van der Waals surface area contributed by atoms with Gasteiger partial charge >= 0.3 is 0 Å². The number of para-hydroxylation sites is 1. The largest absolute Gasteiger partial charge is 0.381 e. The molecule has 3 atom stereocenters. The number of nitrogens with one attached hydrogen (secondary N) is 2. The average Bonchev–Trinajstić information content (AvgIpc) is 3.40. The standard InChI is InChI=1S/C20H24N2/c1-21-20-16-9-5-6-10-18(16)22-19(15-11-12-15)17(20)13-14-7-3-2-4-8-14/h2-10,15,17,19-22H,11-13H2,1H3/t17-,19-,20-/m0/s1. The minimum atomic E-state index is 0.434. The Balaban J connectivity index is 1.69. The van der Waals surface area contributed by atoms with Gasteiger partial charge in [-0.25, -0.2) is 0 Å². The molecule has 0 unspecified atom stereocenters. The Hall–Kier alpha value is -1.80. The van der Waals surface area contributed by atoms with Crippen LogP contribution in [0.15, 0.2) is 54.6 Å². The molecule has 1 saturated carbocycles. The van der Waals surface area contributed by atoms with Gasteiger partial charge in [-0.15, -0.1) is 0 Å². The van der Waals surface area contributed by atoms with E-state index in [2.05, 4.69) is 72.3 Å². The molecule has 1 aliphatic heterocycles. The SMILES string of the molecule is CN[C@H]1c2ccccc2N[C@@H](C2CC2)[C@@H]1Cc1ccccc1. The van der Waals surface area contributed by atoms with Crippen molar-refractivity contribution in [2.45, 2.75) is 31.3 Å². The first-order chi connectivity index (χ1) is 10.9. The molecule has 2 aromatic rings. The molecule has 2 heteroatoms. The van der Waals surface area contributed by atoms with Crippen molar-refractivity contribution >= 4 is 5.69 Å². The van der Waals surface area contributed by atoms with Crippen LogP contribution < -0.4 is 10.6 Å². The minimum absolute atomic E-state index is 0.434. The van der Waals surface area contributed by atoms with Crippen LogP contribution in [0.5, 0.6) is 0 Å². The molecule has 0 bridgehead atoms. The van der Waals surface area contributed by atoms with E-state index in [0.29, 0.717) is 18.0 Å². The lowest BCUT2D eigenvalue weighted by atomic mass is 9.77. The van der Waals surface area contributed by atoms with E-state index in [0.717, 1.165) is 12.3 Å². The van der Waals surface area contributed by atoms with Crippen molar-refractivity contribution in [3.8, 4) is 0 Å². The van der Waals surface area contributed by atoms with Crippen LogP contribution in [0.4, 0.5) is 5.69 Å². The molecular formula is C20H24N2. The maximum Gasteiger partial charge on any atom is 0.0391 e. The fraction of sp³-hybridized carbons (Fsp3) is 0.400. The first kappa shape index (κ1) is 13.8. The number of fused-ring (bicyclic) bond motifs is 1. The number of benzene rings is 2. The summed E-state index contributed by atoms with van der Waals surface area (Å²) in [5.41, 5.74) is 4.19. The molecule has 22 heavy (non-hydrogen) atoms. The predicted molar refractivity (Wildman–Crippen MR) is 92.0 cm³/mol. The van der Waals surface area contributed by atoms with Crippen LogP contribution in [-0.2, 0) is 6.42 Å². The summed E-state index contributed by atoms with van der Waals surface area (Å²) in [5, 5.41) is 7.46. The first-order valence-electron chi connectivity index (χ1n) is 8.43. The van der Waals surface area contributed by atoms with Gasteiger partial charge in [-0.2, -0.15) is 0 Å². The third-order valence-electron chi connectivity index (χ3n) is 5.26. The molecular weight excluding hydrogens is 268 g/mol. The molecule has 0 spiro atoms. The minimum Gasteiger partial charge on any atom is -0.381 e. The lowest BCUT2D eigenvalue weighted by Crippen LogP contribution is -2.44. The second-order valence-corrected chi connectivity index (χ2v) is 6.71. The highest BCUT2D eigenvalue weighted by atomic mass is 15.0. The van der Waals surface area contributed by atoms with E-state index < -0.39 is 0 Å². The molecule has 0 saturated heterocycles. The Morgan fingerprint density at radius 3 is 2.45 bits per heavy atom. The first-order valence-corrected chi connectivity index (χ1v) is 8.43. The van der Waals surface area contributed by atoms with Gasteiger partial charge in [0.15, 0.2) is 0 Å². The topological polar surface area (TPSA) is 24.1 Å². The quantitative estimate of drug-likeness (QED) is 0.889. The lowest BCUT2D eigenvalue weighted by Gasteiger charge is -2.41. The molecule has 2 nitrogen and oxygen atoms in total. The molecule has 1 heterocycles. The fourth-order valence-corrected chi connectivity index (χ4v) is 4.05. The monoisotopic (exact) mass is 292 g/mol. The van der Waals surface area contributed by atoms with Crippen LogP contribution in [0.2, 0.25) is 0 Å². The second-order valence-electron chi connectivity index (χ2n) is 6.71. The predicted octanol–water partition coefficient (Wildman–Crippen LogP) is 4.01. The zero-order valence-electron chi connectivity index (χ0n) is 13.1. The van der Waals surface area contributed by atoms with Gasteiger partial charge in [0.25, 0.3) is 0 Å². The summed E-state index contributed by atoms with van der Waals surface area (Å²) in [6, 6.07) is 20.7. The second kappa shape index (κ2) is 5.77. The Labute approximate surface area is 132 Å². The summed E-state index contributed by atoms with van der Waals surface area (Å²) in [6.45, 7) is 0. The number of hydrogen-bond acceptors (Lipinski definition) is 2. The third kappa shape index (κ3) is 2.52. The smallest absolute Gasteiger partial charge is 0.0391 e. The number of rotatable bonds is 4. The van der Waals surface area contributed by atoms with Gasteiger partial charge in [0, 0.05) is 23.7 Å². The Morgan fingerprint density at radius 2 is 1.73 bits per heavy atom. The number of anilines is 1. The van der Waals surface area contributed by atoms with Crippen LogP contribution >= 0.6 is 0 Å². The van der Waals surface area contributed by atoms with Gasteiger partial charge < -0.3 is 10.6 Å². The van der Waals surface area contributed by atoms with E-state index in [-0.39, 0.29) is 0 Å². The molecule has 0 radical (unpaired) electrons. The summed E-state index contributed by atoms with van der Waals surface area (Å²) in [6.07, 6.45) is 3.89. The average molecular weight is 292 g/mol. The molecule has 1 aliphatic carbocycles. The maximum absolute atomic E-state index is 3.85. The molecule has 0 amide bonds. The summed E-state index contributed by atoms with van der Waals surface area (Å²) in [5.74, 6) is 1.45. The normalized spacial score (nSPS) is 27.0.